The fourth-order valence-electron chi connectivity index (χ4n) is 3.27. The highest BCUT2D eigenvalue weighted by molar-refractivity contribution is 7.85. The van der Waals surface area contributed by atoms with Gasteiger partial charge >= 0.3 is 0 Å². The summed E-state index contributed by atoms with van der Waals surface area (Å²) in [4.78, 5) is 21.3. The molecule has 2 N–H and O–H groups in total. The number of ether oxygens (including phenoxy) is 1. The minimum atomic E-state index is -1.25. The lowest BCUT2D eigenvalue weighted by molar-refractivity contribution is 0.102. The van der Waals surface area contributed by atoms with Crippen molar-refractivity contribution in [1.29, 1.82) is 0 Å². The van der Waals surface area contributed by atoms with Crippen LogP contribution in [-0.4, -0.2) is 26.3 Å². The number of amides is 1. The maximum Gasteiger partial charge on any atom is 0.255 e. The first-order valence-corrected chi connectivity index (χ1v) is 12.2. The van der Waals surface area contributed by atoms with Gasteiger partial charge in [0.2, 0.25) is 0 Å². The first-order chi connectivity index (χ1) is 16.6. The summed E-state index contributed by atoms with van der Waals surface area (Å²) in [6.45, 7) is 1.04. The molecule has 1 atom stereocenters. The number of nitrogens with zero attached hydrogens (tertiary/aromatic N) is 2. The van der Waals surface area contributed by atoms with E-state index in [0.717, 1.165) is 16.7 Å². The molecule has 0 saturated heterocycles. The predicted octanol–water partition coefficient (Wildman–Crippen LogP) is 4.82. The van der Waals surface area contributed by atoms with Crippen LogP contribution in [-0.2, 0) is 28.9 Å². The van der Waals surface area contributed by atoms with Crippen LogP contribution in [0.3, 0.4) is 0 Å². The molecule has 0 aliphatic heterocycles. The number of benzene rings is 3. The minimum absolute atomic E-state index is 0.230. The molecule has 172 valence electrons. The Labute approximate surface area is 200 Å². The topological polar surface area (TPSA) is 93.2 Å². The van der Waals surface area contributed by atoms with Gasteiger partial charge < -0.3 is 10.1 Å². The molecule has 1 amide bonds. The van der Waals surface area contributed by atoms with Crippen molar-refractivity contribution in [2.24, 2.45) is 0 Å². The molecule has 0 aliphatic rings. The van der Waals surface area contributed by atoms with Gasteiger partial charge in [-0.15, -0.1) is 0 Å². The number of anilines is 2. The van der Waals surface area contributed by atoms with Gasteiger partial charge in [0.15, 0.2) is 5.82 Å². The fourth-order valence-corrected chi connectivity index (χ4v) is 3.66. The van der Waals surface area contributed by atoms with E-state index in [1.807, 2.05) is 60.7 Å². The molecule has 0 aliphatic carbocycles. The molecule has 7 nitrogen and oxygen atoms in total. The zero-order valence-corrected chi connectivity index (χ0v) is 19.4. The molecule has 4 rings (SSSR count). The van der Waals surface area contributed by atoms with E-state index in [4.69, 9.17) is 4.74 Å². The number of aromatic nitrogens is 2. The van der Waals surface area contributed by atoms with Crippen LogP contribution in [0, 0.1) is 0 Å². The molecule has 3 aromatic carbocycles. The summed E-state index contributed by atoms with van der Waals surface area (Å²) in [6, 6.07) is 24.7. The molecular weight excluding hydrogens is 448 g/mol. The molecule has 0 bridgehead atoms. The number of carbonyl (C=O) groups excluding carboxylic acids is 1. The second kappa shape index (κ2) is 11.3. The Morgan fingerprint density at radius 3 is 2.38 bits per heavy atom. The van der Waals surface area contributed by atoms with E-state index < -0.39 is 11.0 Å². The summed E-state index contributed by atoms with van der Waals surface area (Å²) in [5.74, 6) is 0.174. The summed E-state index contributed by atoms with van der Waals surface area (Å²) in [5, 5.41) is 2.92. The predicted molar refractivity (Wildman–Crippen MR) is 134 cm³/mol. The van der Waals surface area contributed by atoms with Crippen molar-refractivity contribution < 1.29 is 13.7 Å². The molecule has 34 heavy (non-hydrogen) atoms. The highest BCUT2D eigenvalue weighted by Crippen LogP contribution is 2.20. The SMILES string of the molecule is CS(=O)Nc1cncc(-c2cccc(C(=O)Nc3ccc(COCc4ccccc4)cc3)c2)n1. The van der Waals surface area contributed by atoms with Crippen LogP contribution in [0.1, 0.15) is 21.5 Å². The van der Waals surface area contributed by atoms with E-state index in [-0.39, 0.29) is 5.91 Å². The summed E-state index contributed by atoms with van der Waals surface area (Å²) in [6.07, 6.45) is 4.61. The Bertz CT molecular complexity index is 1280. The molecule has 1 unspecified atom stereocenters. The Balaban J connectivity index is 1.37. The molecule has 0 spiro atoms. The third-order valence-electron chi connectivity index (χ3n) is 4.90. The first-order valence-electron chi connectivity index (χ1n) is 10.6. The monoisotopic (exact) mass is 472 g/mol. The van der Waals surface area contributed by atoms with Crippen molar-refractivity contribution in [3.8, 4) is 11.3 Å². The van der Waals surface area contributed by atoms with Gasteiger partial charge in [-0.2, -0.15) is 0 Å². The zero-order valence-electron chi connectivity index (χ0n) is 18.6. The second-order valence-electron chi connectivity index (χ2n) is 7.56. The molecule has 0 fully saturated rings. The van der Waals surface area contributed by atoms with E-state index in [0.29, 0.717) is 36.0 Å². The van der Waals surface area contributed by atoms with Gasteiger partial charge in [0, 0.05) is 23.1 Å². The van der Waals surface area contributed by atoms with Crippen LogP contribution >= 0.6 is 0 Å². The average molecular weight is 473 g/mol. The lowest BCUT2D eigenvalue weighted by Crippen LogP contribution is -2.12. The smallest absolute Gasteiger partial charge is 0.255 e. The van der Waals surface area contributed by atoms with Crippen molar-refractivity contribution in [1.82, 2.24) is 9.97 Å². The fraction of sp³-hybridized carbons (Fsp3) is 0.115. The Hall–Kier alpha value is -3.88. The maximum atomic E-state index is 12.8. The van der Waals surface area contributed by atoms with Gasteiger partial charge in [0.05, 0.1) is 31.3 Å². The number of rotatable bonds is 9. The zero-order chi connectivity index (χ0) is 23.8. The summed E-state index contributed by atoms with van der Waals surface area (Å²) in [5.41, 5.74) is 4.64. The van der Waals surface area contributed by atoms with Crippen LogP contribution < -0.4 is 10.0 Å². The summed E-state index contributed by atoms with van der Waals surface area (Å²) >= 11 is 0. The van der Waals surface area contributed by atoms with E-state index >= 15 is 0 Å². The van der Waals surface area contributed by atoms with Crippen LogP contribution in [0.5, 0.6) is 0 Å². The normalized spacial score (nSPS) is 11.6. The van der Waals surface area contributed by atoms with Crippen molar-refractivity contribution in [3.05, 3.63) is 108 Å². The lowest BCUT2D eigenvalue weighted by atomic mass is 10.1. The van der Waals surface area contributed by atoms with Crippen LogP contribution in [0.2, 0.25) is 0 Å². The summed E-state index contributed by atoms with van der Waals surface area (Å²) in [7, 11) is -1.25. The van der Waals surface area contributed by atoms with Gasteiger partial charge in [-0.25, -0.2) is 9.19 Å². The molecule has 0 radical (unpaired) electrons. The van der Waals surface area contributed by atoms with Gasteiger partial charge in [-0.3, -0.25) is 14.5 Å². The lowest BCUT2D eigenvalue weighted by Gasteiger charge is -2.09. The highest BCUT2D eigenvalue weighted by atomic mass is 32.2. The third kappa shape index (κ3) is 6.57. The van der Waals surface area contributed by atoms with Crippen molar-refractivity contribution in [2.45, 2.75) is 13.2 Å². The second-order valence-corrected chi connectivity index (χ2v) is 8.67. The summed E-state index contributed by atoms with van der Waals surface area (Å²) < 4.78 is 19.9. The van der Waals surface area contributed by atoms with E-state index in [1.54, 1.807) is 24.4 Å². The molecule has 4 aromatic rings. The number of hydrogen-bond acceptors (Lipinski definition) is 5. The molecule has 1 heterocycles. The minimum Gasteiger partial charge on any atom is -0.372 e. The standard InChI is InChI=1S/C26H24N4O3S/c1-34(32)30-25-16-27-15-24(29-25)21-8-5-9-22(14-21)26(31)28-23-12-10-20(11-13-23)18-33-17-19-6-3-2-4-7-19/h2-16H,17-18H2,1H3,(H,28,31)(H,29,30). The van der Waals surface area contributed by atoms with Crippen LogP contribution in [0.4, 0.5) is 11.5 Å². The first kappa shape index (κ1) is 23.3. The number of carbonyl (C=O) groups is 1. The maximum absolute atomic E-state index is 12.8. The van der Waals surface area contributed by atoms with Gasteiger partial charge in [0.25, 0.3) is 5.91 Å². The van der Waals surface area contributed by atoms with E-state index in [9.17, 15) is 9.00 Å². The van der Waals surface area contributed by atoms with Gasteiger partial charge in [0.1, 0.15) is 11.0 Å². The number of nitrogens with one attached hydrogen (secondary N) is 2. The van der Waals surface area contributed by atoms with Gasteiger partial charge in [-0.05, 0) is 35.4 Å². The third-order valence-corrected chi connectivity index (χ3v) is 5.39. The van der Waals surface area contributed by atoms with Gasteiger partial charge in [-0.1, -0.05) is 54.6 Å². The quantitative estimate of drug-likeness (QED) is 0.364. The van der Waals surface area contributed by atoms with Crippen molar-refractivity contribution >= 4 is 28.4 Å². The van der Waals surface area contributed by atoms with E-state index in [1.165, 1.54) is 12.5 Å². The molecule has 8 heteroatoms. The largest absolute Gasteiger partial charge is 0.372 e. The van der Waals surface area contributed by atoms with Crippen molar-refractivity contribution in [2.75, 3.05) is 16.3 Å². The average Bonchev–Trinajstić information content (AvgIpc) is 2.86. The Morgan fingerprint density at radius 2 is 1.65 bits per heavy atom. The Morgan fingerprint density at radius 1 is 0.912 bits per heavy atom. The van der Waals surface area contributed by atoms with Crippen LogP contribution in [0.15, 0.2) is 91.3 Å². The highest BCUT2D eigenvalue weighted by Gasteiger charge is 2.10. The Kier molecular flexibility index (Phi) is 7.75. The molecular formula is C26H24N4O3S. The van der Waals surface area contributed by atoms with Crippen molar-refractivity contribution in [3.63, 3.8) is 0 Å². The number of hydrogen-bond donors (Lipinski definition) is 2. The molecule has 0 saturated carbocycles. The molecule has 1 aromatic heterocycles. The van der Waals surface area contributed by atoms with E-state index in [2.05, 4.69) is 20.0 Å². The van der Waals surface area contributed by atoms with Crippen LogP contribution in [0.25, 0.3) is 11.3 Å².